The molecule has 0 unspecified atom stereocenters. The van der Waals surface area contributed by atoms with E-state index in [0.29, 0.717) is 25.8 Å². The van der Waals surface area contributed by atoms with Crippen LogP contribution in [0.25, 0.3) is 11.1 Å². The minimum absolute atomic E-state index is 0.0905. The van der Waals surface area contributed by atoms with Gasteiger partial charge in [0.25, 0.3) is 0 Å². The van der Waals surface area contributed by atoms with Crippen LogP contribution in [0.4, 0.5) is 0 Å². The Kier molecular flexibility index (Phi) is 5.00. The summed E-state index contributed by atoms with van der Waals surface area (Å²) in [7, 11) is 1.63. The standard InChI is InChI=1S/C19H18BrNO3/c1-24-17-10-5-13(12-21-18(22)3-2-4-19(21)23)11-16(17)14-6-8-15(20)9-7-14/h5-11H,2-4,12H2,1H3. The fourth-order valence-corrected chi connectivity index (χ4v) is 3.13. The van der Waals surface area contributed by atoms with Gasteiger partial charge in [-0.05, 0) is 41.8 Å². The molecule has 0 atom stereocenters. The highest BCUT2D eigenvalue weighted by molar-refractivity contribution is 9.10. The van der Waals surface area contributed by atoms with Crippen LogP contribution in [0.5, 0.6) is 5.75 Å². The SMILES string of the molecule is COc1ccc(CN2C(=O)CCCC2=O)cc1-c1ccc(Br)cc1. The summed E-state index contributed by atoms with van der Waals surface area (Å²) in [5.41, 5.74) is 2.88. The summed E-state index contributed by atoms with van der Waals surface area (Å²) in [4.78, 5) is 25.4. The maximum atomic E-state index is 12.0. The Labute approximate surface area is 149 Å². The van der Waals surface area contributed by atoms with Crippen molar-refractivity contribution in [2.45, 2.75) is 25.8 Å². The maximum Gasteiger partial charge on any atom is 0.229 e. The Morgan fingerprint density at radius 3 is 2.33 bits per heavy atom. The fourth-order valence-electron chi connectivity index (χ4n) is 2.87. The molecule has 1 heterocycles. The van der Waals surface area contributed by atoms with Crippen LogP contribution in [-0.4, -0.2) is 23.8 Å². The van der Waals surface area contributed by atoms with Crippen molar-refractivity contribution >= 4 is 27.7 Å². The number of methoxy groups -OCH3 is 1. The highest BCUT2D eigenvalue weighted by Gasteiger charge is 2.26. The Bertz CT molecular complexity index is 755. The Morgan fingerprint density at radius 1 is 1.04 bits per heavy atom. The lowest BCUT2D eigenvalue weighted by Crippen LogP contribution is -2.39. The zero-order valence-corrected chi connectivity index (χ0v) is 15.0. The Hall–Kier alpha value is -2.14. The molecule has 2 aromatic rings. The van der Waals surface area contributed by atoms with Crippen LogP contribution in [0.15, 0.2) is 46.9 Å². The molecule has 2 amide bonds. The van der Waals surface area contributed by atoms with Crippen molar-refractivity contribution in [3.63, 3.8) is 0 Å². The third-order valence-electron chi connectivity index (χ3n) is 4.14. The van der Waals surface area contributed by atoms with Gasteiger partial charge in [-0.3, -0.25) is 14.5 Å². The molecule has 1 fully saturated rings. The molecule has 24 heavy (non-hydrogen) atoms. The molecular weight excluding hydrogens is 370 g/mol. The molecule has 5 heteroatoms. The molecule has 0 spiro atoms. The average molecular weight is 388 g/mol. The monoisotopic (exact) mass is 387 g/mol. The van der Waals surface area contributed by atoms with E-state index in [2.05, 4.69) is 15.9 Å². The molecule has 124 valence electrons. The second kappa shape index (κ2) is 7.18. The molecule has 0 N–H and O–H groups in total. The molecule has 0 aromatic heterocycles. The number of hydrogen-bond acceptors (Lipinski definition) is 3. The summed E-state index contributed by atoms with van der Waals surface area (Å²) in [6.45, 7) is 0.311. The van der Waals surface area contributed by atoms with Crippen LogP contribution >= 0.6 is 15.9 Å². The van der Waals surface area contributed by atoms with Gasteiger partial charge in [0.05, 0.1) is 13.7 Å². The van der Waals surface area contributed by atoms with Gasteiger partial charge in [0.1, 0.15) is 5.75 Å². The van der Waals surface area contributed by atoms with Crippen molar-refractivity contribution in [2.24, 2.45) is 0 Å². The first kappa shape index (κ1) is 16.7. The number of carbonyl (C=O) groups is 2. The molecule has 1 aliphatic heterocycles. The summed E-state index contributed by atoms with van der Waals surface area (Å²) in [6, 6.07) is 13.7. The molecule has 0 radical (unpaired) electrons. The first-order chi connectivity index (χ1) is 11.6. The van der Waals surface area contributed by atoms with Gasteiger partial charge < -0.3 is 4.74 Å². The number of rotatable bonds is 4. The van der Waals surface area contributed by atoms with E-state index in [1.165, 1.54) is 4.90 Å². The first-order valence-electron chi connectivity index (χ1n) is 7.84. The van der Waals surface area contributed by atoms with Crippen LogP contribution in [0.1, 0.15) is 24.8 Å². The maximum absolute atomic E-state index is 12.0. The van der Waals surface area contributed by atoms with Gasteiger partial charge in [0.2, 0.25) is 11.8 Å². The Morgan fingerprint density at radius 2 is 1.71 bits per heavy atom. The normalized spacial score (nSPS) is 14.8. The van der Waals surface area contributed by atoms with Crippen LogP contribution < -0.4 is 4.74 Å². The number of carbonyl (C=O) groups excluding carboxylic acids is 2. The van der Waals surface area contributed by atoms with Gasteiger partial charge in [-0.25, -0.2) is 0 Å². The topological polar surface area (TPSA) is 46.6 Å². The summed E-state index contributed by atoms with van der Waals surface area (Å²) in [5, 5.41) is 0. The minimum Gasteiger partial charge on any atom is -0.496 e. The van der Waals surface area contributed by atoms with Gasteiger partial charge in [-0.15, -0.1) is 0 Å². The van der Waals surface area contributed by atoms with Gasteiger partial charge in [-0.2, -0.15) is 0 Å². The van der Waals surface area contributed by atoms with Crippen molar-refractivity contribution < 1.29 is 14.3 Å². The van der Waals surface area contributed by atoms with Gasteiger partial charge in [0, 0.05) is 22.9 Å². The lowest BCUT2D eigenvalue weighted by Gasteiger charge is -2.25. The van der Waals surface area contributed by atoms with E-state index in [1.807, 2.05) is 42.5 Å². The molecule has 0 aliphatic carbocycles. The third kappa shape index (κ3) is 3.51. The predicted molar refractivity (Wildman–Crippen MR) is 95.5 cm³/mol. The molecule has 1 saturated heterocycles. The molecule has 2 aromatic carbocycles. The number of imide groups is 1. The predicted octanol–water partition coefficient (Wildman–Crippen LogP) is 4.16. The van der Waals surface area contributed by atoms with Crippen molar-refractivity contribution in [3.05, 3.63) is 52.5 Å². The van der Waals surface area contributed by atoms with Gasteiger partial charge >= 0.3 is 0 Å². The third-order valence-corrected chi connectivity index (χ3v) is 4.67. The van der Waals surface area contributed by atoms with Crippen molar-refractivity contribution in [1.29, 1.82) is 0 Å². The summed E-state index contributed by atoms with van der Waals surface area (Å²) in [5.74, 6) is 0.580. The van der Waals surface area contributed by atoms with Crippen molar-refractivity contribution in [1.82, 2.24) is 4.90 Å². The summed E-state index contributed by atoms with van der Waals surface area (Å²) < 4.78 is 6.46. The molecule has 1 aliphatic rings. The smallest absolute Gasteiger partial charge is 0.229 e. The number of ether oxygens (including phenoxy) is 1. The van der Waals surface area contributed by atoms with Crippen LogP contribution in [0.3, 0.4) is 0 Å². The largest absolute Gasteiger partial charge is 0.496 e. The second-order valence-corrected chi connectivity index (χ2v) is 6.68. The van der Waals surface area contributed by atoms with E-state index in [0.717, 1.165) is 26.9 Å². The van der Waals surface area contributed by atoms with Gasteiger partial charge in [-0.1, -0.05) is 34.1 Å². The summed E-state index contributed by atoms with van der Waals surface area (Å²) in [6.07, 6.45) is 1.55. The van der Waals surface area contributed by atoms with Crippen LogP contribution in [0.2, 0.25) is 0 Å². The number of hydrogen-bond donors (Lipinski definition) is 0. The molecule has 0 bridgehead atoms. The van der Waals surface area contributed by atoms with E-state index in [-0.39, 0.29) is 11.8 Å². The van der Waals surface area contributed by atoms with Crippen molar-refractivity contribution in [3.8, 4) is 16.9 Å². The number of nitrogens with zero attached hydrogens (tertiary/aromatic N) is 1. The molecule has 4 nitrogen and oxygen atoms in total. The highest BCUT2D eigenvalue weighted by Crippen LogP contribution is 2.32. The lowest BCUT2D eigenvalue weighted by molar-refractivity contribution is -0.148. The zero-order chi connectivity index (χ0) is 17.1. The van der Waals surface area contributed by atoms with E-state index in [9.17, 15) is 9.59 Å². The number of likely N-dealkylation sites (tertiary alicyclic amines) is 1. The van der Waals surface area contributed by atoms with E-state index in [4.69, 9.17) is 4.74 Å². The molecule has 3 rings (SSSR count). The van der Waals surface area contributed by atoms with Crippen LogP contribution in [0, 0.1) is 0 Å². The highest BCUT2D eigenvalue weighted by atomic mass is 79.9. The van der Waals surface area contributed by atoms with E-state index >= 15 is 0 Å². The van der Waals surface area contributed by atoms with Gasteiger partial charge in [0.15, 0.2) is 0 Å². The average Bonchev–Trinajstić information content (AvgIpc) is 2.59. The summed E-state index contributed by atoms with van der Waals surface area (Å²) >= 11 is 3.43. The molecule has 0 saturated carbocycles. The zero-order valence-electron chi connectivity index (χ0n) is 13.4. The minimum atomic E-state index is -0.0905. The number of piperidine rings is 1. The number of halogens is 1. The Balaban J connectivity index is 1.92. The van der Waals surface area contributed by atoms with E-state index in [1.54, 1.807) is 7.11 Å². The first-order valence-corrected chi connectivity index (χ1v) is 8.64. The van der Waals surface area contributed by atoms with Crippen LogP contribution in [-0.2, 0) is 16.1 Å². The lowest BCUT2D eigenvalue weighted by atomic mass is 10.0. The number of amides is 2. The van der Waals surface area contributed by atoms with E-state index < -0.39 is 0 Å². The number of benzene rings is 2. The quantitative estimate of drug-likeness (QED) is 0.739. The molecular formula is C19H18BrNO3. The fraction of sp³-hybridized carbons (Fsp3) is 0.263. The van der Waals surface area contributed by atoms with Crippen molar-refractivity contribution in [2.75, 3.05) is 7.11 Å². The second-order valence-electron chi connectivity index (χ2n) is 5.77.